The van der Waals surface area contributed by atoms with Crippen LogP contribution in [0.2, 0.25) is 0 Å². The predicted octanol–water partition coefficient (Wildman–Crippen LogP) is 3.15. The van der Waals surface area contributed by atoms with E-state index in [0.29, 0.717) is 5.92 Å². The average Bonchev–Trinajstić information content (AvgIpc) is 2.85. The standard InChI is InChI=1S/C14H19N3O/c1-10(2)9-15-14-8-12(16-17-14)11-6-4-5-7-13(11)18-3/h4-8,10H,9H2,1-3H3,(H2,15,16,17). The Hall–Kier alpha value is -1.97. The van der Waals surface area contributed by atoms with E-state index in [2.05, 4.69) is 29.4 Å². The summed E-state index contributed by atoms with van der Waals surface area (Å²) in [6, 6.07) is 9.90. The number of benzene rings is 1. The second-order valence-electron chi connectivity index (χ2n) is 4.64. The molecule has 0 aliphatic carbocycles. The molecule has 1 heterocycles. The van der Waals surface area contributed by atoms with Gasteiger partial charge in [-0.15, -0.1) is 0 Å². The van der Waals surface area contributed by atoms with Crippen LogP contribution in [0.4, 0.5) is 5.82 Å². The molecule has 0 unspecified atom stereocenters. The van der Waals surface area contributed by atoms with Crippen LogP contribution in [-0.2, 0) is 0 Å². The molecule has 0 aliphatic rings. The van der Waals surface area contributed by atoms with E-state index in [9.17, 15) is 0 Å². The predicted molar refractivity (Wildman–Crippen MR) is 73.9 cm³/mol. The van der Waals surface area contributed by atoms with Gasteiger partial charge >= 0.3 is 0 Å². The number of rotatable bonds is 5. The highest BCUT2D eigenvalue weighted by atomic mass is 16.5. The molecule has 18 heavy (non-hydrogen) atoms. The van der Waals surface area contributed by atoms with Crippen molar-refractivity contribution in [2.75, 3.05) is 19.0 Å². The normalized spacial score (nSPS) is 10.7. The number of para-hydroxylation sites is 1. The fourth-order valence-corrected chi connectivity index (χ4v) is 1.73. The number of nitrogens with one attached hydrogen (secondary N) is 2. The molecular formula is C14H19N3O. The zero-order chi connectivity index (χ0) is 13.0. The van der Waals surface area contributed by atoms with Gasteiger partial charge in [-0.3, -0.25) is 5.10 Å². The van der Waals surface area contributed by atoms with Crippen LogP contribution in [0.25, 0.3) is 11.3 Å². The van der Waals surface area contributed by atoms with Crippen LogP contribution in [0.3, 0.4) is 0 Å². The zero-order valence-electron chi connectivity index (χ0n) is 11.0. The molecule has 0 bridgehead atoms. The Morgan fingerprint density at radius 1 is 1.33 bits per heavy atom. The van der Waals surface area contributed by atoms with Gasteiger partial charge in [-0.25, -0.2) is 0 Å². The third-order valence-electron chi connectivity index (χ3n) is 2.67. The molecule has 1 aromatic carbocycles. The Bertz CT molecular complexity index is 505. The zero-order valence-corrected chi connectivity index (χ0v) is 11.0. The lowest BCUT2D eigenvalue weighted by Crippen LogP contribution is -2.07. The van der Waals surface area contributed by atoms with Gasteiger partial charge in [0.05, 0.1) is 12.8 Å². The first kappa shape index (κ1) is 12.5. The quantitative estimate of drug-likeness (QED) is 0.850. The van der Waals surface area contributed by atoms with E-state index >= 15 is 0 Å². The number of ether oxygens (including phenoxy) is 1. The summed E-state index contributed by atoms with van der Waals surface area (Å²) in [7, 11) is 1.67. The lowest BCUT2D eigenvalue weighted by Gasteiger charge is -2.05. The SMILES string of the molecule is COc1ccccc1-c1cc(NCC(C)C)n[nH]1. The van der Waals surface area contributed by atoms with Crippen molar-refractivity contribution in [2.24, 2.45) is 5.92 Å². The van der Waals surface area contributed by atoms with Crippen LogP contribution >= 0.6 is 0 Å². The maximum Gasteiger partial charge on any atom is 0.148 e. The van der Waals surface area contributed by atoms with E-state index in [1.807, 2.05) is 30.3 Å². The molecule has 0 aliphatic heterocycles. The van der Waals surface area contributed by atoms with Crippen molar-refractivity contribution in [3.8, 4) is 17.0 Å². The van der Waals surface area contributed by atoms with Crippen molar-refractivity contribution in [2.45, 2.75) is 13.8 Å². The van der Waals surface area contributed by atoms with Crippen LogP contribution in [0.5, 0.6) is 5.75 Å². The van der Waals surface area contributed by atoms with Crippen molar-refractivity contribution in [3.63, 3.8) is 0 Å². The van der Waals surface area contributed by atoms with Crippen LogP contribution < -0.4 is 10.1 Å². The van der Waals surface area contributed by atoms with E-state index in [4.69, 9.17) is 4.74 Å². The summed E-state index contributed by atoms with van der Waals surface area (Å²) in [6.45, 7) is 5.25. The molecule has 2 rings (SSSR count). The first-order valence-corrected chi connectivity index (χ1v) is 6.13. The summed E-state index contributed by atoms with van der Waals surface area (Å²) >= 11 is 0. The van der Waals surface area contributed by atoms with Gasteiger partial charge in [-0.1, -0.05) is 26.0 Å². The van der Waals surface area contributed by atoms with E-state index in [1.165, 1.54) is 0 Å². The Labute approximate surface area is 107 Å². The minimum absolute atomic E-state index is 0.594. The second-order valence-corrected chi connectivity index (χ2v) is 4.64. The average molecular weight is 245 g/mol. The monoisotopic (exact) mass is 245 g/mol. The fourth-order valence-electron chi connectivity index (χ4n) is 1.73. The maximum atomic E-state index is 5.34. The van der Waals surface area contributed by atoms with Crippen molar-refractivity contribution in [1.82, 2.24) is 10.2 Å². The Morgan fingerprint density at radius 2 is 2.11 bits per heavy atom. The Balaban J connectivity index is 2.18. The third-order valence-corrected chi connectivity index (χ3v) is 2.67. The number of hydrogen-bond acceptors (Lipinski definition) is 3. The molecule has 1 aromatic heterocycles. The van der Waals surface area contributed by atoms with Crippen LogP contribution in [0.1, 0.15) is 13.8 Å². The number of methoxy groups -OCH3 is 1. The summed E-state index contributed by atoms with van der Waals surface area (Å²) in [4.78, 5) is 0. The van der Waals surface area contributed by atoms with Gasteiger partial charge < -0.3 is 10.1 Å². The smallest absolute Gasteiger partial charge is 0.148 e. The highest BCUT2D eigenvalue weighted by Gasteiger charge is 2.08. The van der Waals surface area contributed by atoms with E-state index in [1.54, 1.807) is 7.11 Å². The van der Waals surface area contributed by atoms with Gasteiger partial charge in [0.25, 0.3) is 0 Å². The highest BCUT2D eigenvalue weighted by Crippen LogP contribution is 2.29. The molecular weight excluding hydrogens is 226 g/mol. The molecule has 0 fully saturated rings. The summed E-state index contributed by atoms with van der Waals surface area (Å²) < 4.78 is 5.34. The van der Waals surface area contributed by atoms with Crippen molar-refractivity contribution in [1.29, 1.82) is 0 Å². The molecule has 4 heteroatoms. The second kappa shape index (κ2) is 5.58. The molecule has 0 saturated heterocycles. The molecule has 0 amide bonds. The Morgan fingerprint density at radius 3 is 2.83 bits per heavy atom. The largest absolute Gasteiger partial charge is 0.496 e. The van der Waals surface area contributed by atoms with Crippen molar-refractivity contribution < 1.29 is 4.74 Å². The molecule has 0 atom stereocenters. The van der Waals surface area contributed by atoms with Gasteiger partial charge in [-0.05, 0) is 18.1 Å². The fraction of sp³-hybridized carbons (Fsp3) is 0.357. The molecule has 0 spiro atoms. The molecule has 0 saturated carbocycles. The van der Waals surface area contributed by atoms with Crippen molar-refractivity contribution >= 4 is 5.82 Å². The molecule has 2 aromatic rings. The van der Waals surface area contributed by atoms with Gasteiger partial charge in [0, 0.05) is 18.2 Å². The lowest BCUT2D eigenvalue weighted by molar-refractivity contribution is 0.416. The number of hydrogen-bond donors (Lipinski definition) is 2. The minimum atomic E-state index is 0.594. The number of aromatic nitrogens is 2. The number of nitrogens with zero attached hydrogens (tertiary/aromatic N) is 1. The lowest BCUT2D eigenvalue weighted by atomic mass is 10.1. The highest BCUT2D eigenvalue weighted by molar-refractivity contribution is 5.69. The number of H-pyrrole nitrogens is 1. The topological polar surface area (TPSA) is 49.9 Å². The molecule has 4 nitrogen and oxygen atoms in total. The summed E-state index contributed by atoms with van der Waals surface area (Å²) in [5, 5.41) is 10.6. The van der Waals surface area contributed by atoms with Crippen LogP contribution in [0.15, 0.2) is 30.3 Å². The summed E-state index contributed by atoms with van der Waals surface area (Å²) in [5.41, 5.74) is 1.98. The third kappa shape index (κ3) is 2.83. The van der Waals surface area contributed by atoms with Gasteiger partial charge in [0.2, 0.25) is 0 Å². The first-order valence-electron chi connectivity index (χ1n) is 6.13. The van der Waals surface area contributed by atoms with E-state index in [-0.39, 0.29) is 0 Å². The van der Waals surface area contributed by atoms with Gasteiger partial charge in [-0.2, -0.15) is 5.10 Å². The van der Waals surface area contributed by atoms with E-state index in [0.717, 1.165) is 29.4 Å². The minimum Gasteiger partial charge on any atom is -0.496 e. The summed E-state index contributed by atoms with van der Waals surface area (Å²) in [5.74, 6) is 2.30. The Kier molecular flexibility index (Phi) is 3.87. The summed E-state index contributed by atoms with van der Waals surface area (Å²) in [6.07, 6.45) is 0. The number of anilines is 1. The molecule has 0 radical (unpaired) electrons. The number of aromatic amines is 1. The van der Waals surface area contributed by atoms with Crippen molar-refractivity contribution in [3.05, 3.63) is 30.3 Å². The van der Waals surface area contributed by atoms with E-state index < -0.39 is 0 Å². The van der Waals surface area contributed by atoms with Gasteiger partial charge in [0.15, 0.2) is 0 Å². The molecule has 96 valence electrons. The maximum absolute atomic E-state index is 5.34. The molecule has 2 N–H and O–H groups in total. The van der Waals surface area contributed by atoms with Gasteiger partial charge in [0.1, 0.15) is 11.6 Å². The van der Waals surface area contributed by atoms with Crippen LogP contribution in [-0.4, -0.2) is 23.9 Å². The van der Waals surface area contributed by atoms with Crippen LogP contribution in [0, 0.1) is 5.92 Å². The first-order chi connectivity index (χ1) is 8.70.